The summed E-state index contributed by atoms with van der Waals surface area (Å²) in [7, 11) is 4.17. The zero-order valence-corrected chi connectivity index (χ0v) is 12.6. The third-order valence-corrected chi connectivity index (χ3v) is 4.24. The Hall–Kier alpha value is -1.62. The molecule has 0 aliphatic heterocycles. The van der Waals surface area contributed by atoms with E-state index >= 15 is 0 Å². The molecule has 1 aliphatic rings. The van der Waals surface area contributed by atoms with Crippen LogP contribution in [-0.2, 0) is 0 Å². The highest BCUT2D eigenvalue weighted by Gasteiger charge is 2.39. The van der Waals surface area contributed by atoms with E-state index in [9.17, 15) is 4.79 Å². The molecule has 20 heavy (non-hydrogen) atoms. The summed E-state index contributed by atoms with van der Waals surface area (Å²) in [6.45, 7) is 3.49. The van der Waals surface area contributed by atoms with Crippen molar-refractivity contribution in [1.82, 2.24) is 15.2 Å². The number of pyridine rings is 1. The van der Waals surface area contributed by atoms with Crippen molar-refractivity contribution in [2.24, 2.45) is 0 Å². The van der Waals surface area contributed by atoms with Gasteiger partial charge in [0.25, 0.3) is 5.91 Å². The van der Waals surface area contributed by atoms with E-state index in [0.717, 1.165) is 25.1 Å². The van der Waals surface area contributed by atoms with Gasteiger partial charge in [0.05, 0.1) is 11.3 Å². The van der Waals surface area contributed by atoms with Crippen molar-refractivity contribution in [1.29, 1.82) is 0 Å². The highest BCUT2D eigenvalue weighted by molar-refractivity contribution is 5.99. The molecule has 0 unspecified atom stereocenters. The molecule has 2 N–H and O–H groups in total. The van der Waals surface area contributed by atoms with Gasteiger partial charge >= 0.3 is 0 Å². The molecule has 1 amide bonds. The smallest absolute Gasteiger partial charge is 0.255 e. The first-order valence-electron chi connectivity index (χ1n) is 7.22. The first-order chi connectivity index (χ1) is 9.59. The Labute approximate surface area is 120 Å². The van der Waals surface area contributed by atoms with E-state index in [2.05, 4.69) is 34.6 Å². The Morgan fingerprint density at radius 1 is 1.45 bits per heavy atom. The van der Waals surface area contributed by atoms with Gasteiger partial charge in [-0.3, -0.25) is 9.78 Å². The largest absolute Gasteiger partial charge is 0.385 e. The number of hydrogen-bond donors (Lipinski definition) is 2. The Morgan fingerprint density at radius 2 is 2.20 bits per heavy atom. The van der Waals surface area contributed by atoms with Crippen LogP contribution in [0.25, 0.3) is 0 Å². The summed E-state index contributed by atoms with van der Waals surface area (Å²) < 4.78 is 0. The predicted octanol–water partition coefficient (Wildman–Crippen LogP) is 1.73. The van der Waals surface area contributed by atoms with E-state index in [0.29, 0.717) is 12.1 Å². The number of likely N-dealkylation sites (N-methyl/N-ethyl adjacent to an activating group) is 1. The standard InChI is InChI=1S/C15H24N4O/c1-4-17-13-6-9-16-10-12(13)14(20)18-11-15(19(2)3)7-5-8-15/h6,9-10H,4-5,7-8,11H2,1-3H3,(H,16,17)(H,18,20). The van der Waals surface area contributed by atoms with E-state index in [1.807, 2.05) is 13.0 Å². The molecule has 2 rings (SSSR count). The number of hydrogen-bond acceptors (Lipinski definition) is 4. The van der Waals surface area contributed by atoms with Crippen molar-refractivity contribution in [2.75, 3.05) is 32.5 Å². The third kappa shape index (κ3) is 2.93. The number of amides is 1. The molecule has 5 heteroatoms. The Morgan fingerprint density at radius 3 is 2.75 bits per heavy atom. The molecule has 1 saturated carbocycles. The second-order valence-electron chi connectivity index (χ2n) is 5.61. The van der Waals surface area contributed by atoms with Crippen LogP contribution in [-0.4, -0.2) is 48.5 Å². The number of aromatic nitrogens is 1. The van der Waals surface area contributed by atoms with Crippen molar-refractivity contribution < 1.29 is 4.79 Å². The lowest BCUT2D eigenvalue weighted by Gasteiger charge is -2.47. The minimum atomic E-state index is -0.0535. The summed E-state index contributed by atoms with van der Waals surface area (Å²) in [5, 5.41) is 6.25. The van der Waals surface area contributed by atoms with E-state index < -0.39 is 0 Å². The summed E-state index contributed by atoms with van der Waals surface area (Å²) in [5.41, 5.74) is 1.59. The van der Waals surface area contributed by atoms with Gasteiger partial charge in [0.1, 0.15) is 0 Å². The predicted molar refractivity (Wildman–Crippen MR) is 81.0 cm³/mol. The SMILES string of the molecule is CCNc1ccncc1C(=O)NCC1(N(C)C)CCC1. The van der Waals surface area contributed by atoms with E-state index in [-0.39, 0.29) is 11.4 Å². The van der Waals surface area contributed by atoms with Crippen LogP contribution in [0.3, 0.4) is 0 Å². The molecule has 1 aromatic heterocycles. The van der Waals surface area contributed by atoms with Gasteiger partial charge in [0.15, 0.2) is 0 Å². The van der Waals surface area contributed by atoms with Crippen molar-refractivity contribution in [3.63, 3.8) is 0 Å². The van der Waals surface area contributed by atoms with Crippen LogP contribution < -0.4 is 10.6 Å². The first-order valence-corrected chi connectivity index (χ1v) is 7.22. The molecular weight excluding hydrogens is 252 g/mol. The monoisotopic (exact) mass is 276 g/mol. The molecule has 1 heterocycles. The molecule has 0 atom stereocenters. The van der Waals surface area contributed by atoms with Crippen molar-refractivity contribution in [2.45, 2.75) is 31.7 Å². The molecular formula is C15H24N4O. The lowest BCUT2D eigenvalue weighted by atomic mass is 9.75. The number of carbonyl (C=O) groups is 1. The van der Waals surface area contributed by atoms with Crippen LogP contribution in [0, 0.1) is 0 Å². The fraction of sp³-hybridized carbons (Fsp3) is 0.600. The fourth-order valence-corrected chi connectivity index (χ4v) is 2.63. The molecule has 0 saturated heterocycles. The average molecular weight is 276 g/mol. The summed E-state index contributed by atoms with van der Waals surface area (Å²) in [6.07, 6.45) is 6.85. The molecule has 1 aliphatic carbocycles. The number of nitrogens with one attached hydrogen (secondary N) is 2. The maximum absolute atomic E-state index is 12.3. The molecule has 110 valence electrons. The van der Waals surface area contributed by atoms with E-state index in [4.69, 9.17) is 0 Å². The van der Waals surface area contributed by atoms with E-state index in [1.165, 1.54) is 6.42 Å². The topological polar surface area (TPSA) is 57.3 Å². The normalized spacial score (nSPS) is 16.6. The van der Waals surface area contributed by atoms with Gasteiger partial charge in [0, 0.05) is 31.0 Å². The minimum Gasteiger partial charge on any atom is -0.385 e. The molecule has 1 fully saturated rings. The van der Waals surface area contributed by atoms with Crippen LogP contribution >= 0.6 is 0 Å². The second kappa shape index (κ2) is 6.22. The number of nitrogens with zero attached hydrogens (tertiary/aromatic N) is 2. The van der Waals surface area contributed by atoms with Gasteiger partial charge in [-0.2, -0.15) is 0 Å². The zero-order valence-electron chi connectivity index (χ0n) is 12.6. The third-order valence-electron chi connectivity index (χ3n) is 4.24. The minimum absolute atomic E-state index is 0.0535. The second-order valence-corrected chi connectivity index (χ2v) is 5.61. The van der Waals surface area contributed by atoms with Crippen LogP contribution in [0.2, 0.25) is 0 Å². The highest BCUT2D eigenvalue weighted by Crippen LogP contribution is 2.35. The number of carbonyl (C=O) groups excluding carboxylic acids is 1. The zero-order chi connectivity index (χ0) is 14.6. The van der Waals surface area contributed by atoms with Crippen LogP contribution in [0.5, 0.6) is 0 Å². The lowest BCUT2D eigenvalue weighted by Crippen LogP contribution is -2.57. The van der Waals surface area contributed by atoms with Crippen molar-refractivity contribution >= 4 is 11.6 Å². The van der Waals surface area contributed by atoms with E-state index in [1.54, 1.807) is 12.4 Å². The van der Waals surface area contributed by atoms with Crippen molar-refractivity contribution in [3.05, 3.63) is 24.0 Å². The summed E-state index contributed by atoms with van der Waals surface area (Å²) in [5.74, 6) is -0.0535. The Bertz CT molecular complexity index is 469. The number of rotatable bonds is 6. The van der Waals surface area contributed by atoms with Crippen molar-refractivity contribution in [3.8, 4) is 0 Å². The molecule has 0 radical (unpaired) electrons. The van der Waals surface area contributed by atoms with Crippen LogP contribution in [0.4, 0.5) is 5.69 Å². The average Bonchev–Trinajstić information content (AvgIpc) is 2.38. The first kappa shape index (κ1) is 14.8. The summed E-state index contributed by atoms with van der Waals surface area (Å²) >= 11 is 0. The Kier molecular flexibility index (Phi) is 4.60. The van der Waals surface area contributed by atoms with Crippen LogP contribution in [0.1, 0.15) is 36.5 Å². The molecule has 5 nitrogen and oxygen atoms in total. The van der Waals surface area contributed by atoms with Gasteiger partial charge in [-0.05, 0) is 46.3 Å². The molecule has 0 bridgehead atoms. The Balaban J connectivity index is 2.02. The maximum Gasteiger partial charge on any atom is 0.255 e. The molecule has 1 aromatic rings. The van der Waals surface area contributed by atoms with Gasteiger partial charge in [-0.15, -0.1) is 0 Å². The van der Waals surface area contributed by atoms with Gasteiger partial charge in [-0.25, -0.2) is 0 Å². The highest BCUT2D eigenvalue weighted by atomic mass is 16.1. The lowest BCUT2D eigenvalue weighted by molar-refractivity contribution is 0.0558. The fourth-order valence-electron chi connectivity index (χ4n) is 2.63. The molecule has 0 spiro atoms. The summed E-state index contributed by atoms with van der Waals surface area (Å²) in [4.78, 5) is 18.6. The van der Waals surface area contributed by atoms with Gasteiger partial charge in [-0.1, -0.05) is 0 Å². The van der Waals surface area contributed by atoms with Gasteiger partial charge < -0.3 is 15.5 Å². The maximum atomic E-state index is 12.3. The number of anilines is 1. The quantitative estimate of drug-likeness (QED) is 0.831. The summed E-state index contributed by atoms with van der Waals surface area (Å²) in [6, 6.07) is 1.84. The van der Waals surface area contributed by atoms with Crippen LogP contribution in [0.15, 0.2) is 18.5 Å². The van der Waals surface area contributed by atoms with Gasteiger partial charge in [0.2, 0.25) is 0 Å². The molecule has 0 aromatic carbocycles.